The van der Waals surface area contributed by atoms with Gasteiger partial charge < -0.3 is 10.4 Å². The smallest absolute Gasteiger partial charge is 0.335 e. The zero-order chi connectivity index (χ0) is 14.7. The average molecular weight is 277 g/mol. The van der Waals surface area contributed by atoms with Crippen LogP contribution in [0.5, 0.6) is 0 Å². The SMILES string of the molecule is O=C(O)c1ccc(C(=O)Nc2ccc(F)cc2F)cc1. The second-order valence-electron chi connectivity index (χ2n) is 3.96. The summed E-state index contributed by atoms with van der Waals surface area (Å²) >= 11 is 0. The van der Waals surface area contributed by atoms with Gasteiger partial charge in [0.25, 0.3) is 5.91 Å². The second kappa shape index (κ2) is 5.48. The van der Waals surface area contributed by atoms with Crippen LogP contribution in [0.25, 0.3) is 0 Å². The molecule has 2 rings (SSSR count). The normalized spacial score (nSPS) is 10.1. The molecule has 1 amide bonds. The highest BCUT2D eigenvalue weighted by molar-refractivity contribution is 6.04. The molecule has 0 heterocycles. The van der Waals surface area contributed by atoms with E-state index in [1.54, 1.807) is 0 Å². The first-order chi connectivity index (χ1) is 9.47. The maximum atomic E-state index is 13.4. The topological polar surface area (TPSA) is 66.4 Å². The lowest BCUT2D eigenvalue weighted by Gasteiger charge is -2.06. The molecule has 0 atom stereocenters. The number of hydrogen-bond acceptors (Lipinski definition) is 2. The minimum absolute atomic E-state index is 0.0366. The maximum Gasteiger partial charge on any atom is 0.335 e. The number of carbonyl (C=O) groups is 2. The lowest BCUT2D eigenvalue weighted by Crippen LogP contribution is -2.13. The van der Waals surface area contributed by atoms with E-state index in [4.69, 9.17) is 5.11 Å². The molecule has 4 nitrogen and oxygen atoms in total. The van der Waals surface area contributed by atoms with Crippen molar-refractivity contribution in [3.63, 3.8) is 0 Å². The van der Waals surface area contributed by atoms with Gasteiger partial charge in [-0.05, 0) is 36.4 Å². The molecule has 0 spiro atoms. The number of amides is 1. The van der Waals surface area contributed by atoms with Crippen LogP contribution in [-0.4, -0.2) is 17.0 Å². The van der Waals surface area contributed by atoms with Crippen molar-refractivity contribution in [2.45, 2.75) is 0 Å². The molecule has 0 aliphatic carbocycles. The summed E-state index contributed by atoms with van der Waals surface area (Å²) < 4.78 is 26.1. The number of carbonyl (C=O) groups excluding carboxylic acids is 1. The fourth-order valence-electron chi connectivity index (χ4n) is 1.55. The van der Waals surface area contributed by atoms with Crippen molar-refractivity contribution < 1.29 is 23.5 Å². The highest BCUT2D eigenvalue weighted by Crippen LogP contribution is 2.16. The largest absolute Gasteiger partial charge is 0.478 e. The van der Waals surface area contributed by atoms with E-state index in [0.717, 1.165) is 12.1 Å². The van der Waals surface area contributed by atoms with Gasteiger partial charge in [-0.2, -0.15) is 0 Å². The van der Waals surface area contributed by atoms with Gasteiger partial charge in [0.05, 0.1) is 11.3 Å². The number of nitrogens with one attached hydrogen (secondary N) is 1. The molecule has 0 fully saturated rings. The first-order valence-corrected chi connectivity index (χ1v) is 5.57. The van der Waals surface area contributed by atoms with Gasteiger partial charge in [0.1, 0.15) is 11.6 Å². The molecule has 6 heteroatoms. The molecule has 0 bridgehead atoms. The molecule has 2 N–H and O–H groups in total. The Labute approximate surface area is 112 Å². The van der Waals surface area contributed by atoms with Gasteiger partial charge in [0, 0.05) is 11.6 Å². The number of anilines is 1. The summed E-state index contributed by atoms with van der Waals surface area (Å²) in [5.74, 6) is -3.36. The Bertz CT molecular complexity index is 669. The predicted molar refractivity (Wildman–Crippen MR) is 67.7 cm³/mol. The molecular formula is C14H9F2NO3. The molecule has 0 saturated heterocycles. The summed E-state index contributed by atoms with van der Waals surface area (Å²) in [7, 11) is 0. The van der Waals surface area contributed by atoms with Crippen LogP contribution in [0.2, 0.25) is 0 Å². The molecular weight excluding hydrogens is 268 g/mol. The van der Waals surface area contributed by atoms with Gasteiger partial charge in [-0.1, -0.05) is 0 Å². The number of rotatable bonds is 3. The summed E-state index contributed by atoms with van der Waals surface area (Å²) in [5, 5.41) is 11.0. The summed E-state index contributed by atoms with van der Waals surface area (Å²) in [5.41, 5.74) is 0.0481. The third kappa shape index (κ3) is 2.97. The van der Waals surface area contributed by atoms with Crippen LogP contribution >= 0.6 is 0 Å². The molecule has 0 aliphatic rings. The Morgan fingerprint density at radius 3 is 2.10 bits per heavy atom. The first kappa shape index (κ1) is 13.7. The monoisotopic (exact) mass is 277 g/mol. The Balaban J connectivity index is 2.17. The summed E-state index contributed by atoms with van der Waals surface area (Å²) in [6.45, 7) is 0. The number of carboxylic acids is 1. The van der Waals surface area contributed by atoms with Gasteiger partial charge in [-0.3, -0.25) is 4.79 Å². The van der Waals surface area contributed by atoms with Crippen LogP contribution in [0.3, 0.4) is 0 Å². The molecule has 0 saturated carbocycles. The number of halogens is 2. The lowest BCUT2D eigenvalue weighted by molar-refractivity contribution is 0.0696. The van der Waals surface area contributed by atoms with E-state index in [1.807, 2.05) is 0 Å². The van der Waals surface area contributed by atoms with Crippen molar-refractivity contribution in [1.82, 2.24) is 0 Å². The zero-order valence-corrected chi connectivity index (χ0v) is 10.1. The van der Waals surface area contributed by atoms with Crippen LogP contribution in [0, 0.1) is 11.6 Å². The quantitative estimate of drug-likeness (QED) is 0.906. The molecule has 0 radical (unpaired) electrons. The molecule has 2 aromatic carbocycles. The molecule has 102 valence electrons. The summed E-state index contributed by atoms with van der Waals surface area (Å²) in [6, 6.07) is 7.92. The molecule has 0 unspecified atom stereocenters. The van der Waals surface area contributed by atoms with Crippen molar-refractivity contribution in [2.75, 3.05) is 5.32 Å². The van der Waals surface area contributed by atoms with Crippen molar-refractivity contribution in [1.29, 1.82) is 0 Å². The highest BCUT2D eigenvalue weighted by atomic mass is 19.1. The van der Waals surface area contributed by atoms with Crippen molar-refractivity contribution in [3.8, 4) is 0 Å². The molecule has 0 aromatic heterocycles. The lowest BCUT2D eigenvalue weighted by atomic mass is 10.1. The summed E-state index contributed by atoms with van der Waals surface area (Å²) in [4.78, 5) is 22.5. The van der Waals surface area contributed by atoms with E-state index < -0.39 is 23.5 Å². The number of carboxylic acid groups (broad SMARTS) is 1. The van der Waals surface area contributed by atoms with Gasteiger partial charge in [-0.15, -0.1) is 0 Å². The third-order valence-corrected chi connectivity index (χ3v) is 2.57. The van der Waals surface area contributed by atoms with Crippen molar-refractivity contribution in [3.05, 3.63) is 65.2 Å². The van der Waals surface area contributed by atoms with Gasteiger partial charge >= 0.3 is 5.97 Å². The third-order valence-electron chi connectivity index (χ3n) is 2.57. The van der Waals surface area contributed by atoms with E-state index >= 15 is 0 Å². The van der Waals surface area contributed by atoms with E-state index in [-0.39, 0.29) is 16.8 Å². The van der Waals surface area contributed by atoms with E-state index in [9.17, 15) is 18.4 Å². The van der Waals surface area contributed by atoms with E-state index in [1.165, 1.54) is 24.3 Å². The first-order valence-electron chi connectivity index (χ1n) is 5.57. The maximum absolute atomic E-state index is 13.4. The van der Waals surface area contributed by atoms with Gasteiger partial charge in [-0.25, -0.2) is 13.6 Å². The van der Waals surface area contributed by atoms with Crippen LogP contribution in [0.15, 0.2) is 42.5 Å². The second-order valence-corrected chi connectivity index (χ2v) is 3.96. The van der Waals surface area contributed by atoms with Crippen LogP contribution in [0.4, 0.5) is 14.5 Å². The Hall–Kier alpha value is -2.76. The van der Waals surface area contributed by atoms with Gasteiger partial charge in [0.2, 0.25) is 0 Å². The van der Waals surface area contributed by atoms with Crippen LogP contribution in [-0.2, 0) is 0 Å². The minimum Gasteiger partial charge on any atom is -0.478 e. The van der Waals surface area contributed by atoms with Gasteiger partial charge in [0.15, 0.2) is 0 Å². The standard InChI is InChI=1S/C14H9F2NO3/c15-10-5-6-12(11(16)7-10)17-13(18)8-1-3-9(4-2-8)14(19)20/h1-7H,(H,17,18)(H,19,20). The fraction of sp³-hybridized carbons (Fsp3) is 0. The average Bonchev–Trinajstić information content (AvgIpc) is 2.42. The Morgan fingerprint density at radius 2 is 1.55 bits per heavy atom. The van der Waals surface area contributed by atoms with Crippen molar-refractivity contribution in [2.24, 2.45) is 0 Å². The molecule has 2 aromatic rings. The zero-order valence-electron chi connectivity index (χ0n) is 10.1. The molecule has 0 aliphatic heterocycles. The molecule has 20 heavy (non-hydrogen) atoms. The Morgan fingerprint density at radius 1 is 0.950 bits per heavy atom. The van der Waals surface area contributed by atoms with E-state index in [2.05, 4.69) is 5.32 Å². The van der Waals surface area contributed by atoms with Crippen LogP contribution in [0.1, 0.15) is 20.7 Å². The Kier molecular flexibility index (Phi) is 3.74. The van der Waals surface area contributed by atoms with Crippen LogP contribution < -0.4 is 5.32 Å². The van der Waals surface area contributed by atoms with E-state index in [0.29, 0.717) is 6.07 Å². The van der Waals surface area contributed by atoms with Crippen molar-refractivity contribution >= 4 is 17.6 Å². The minimum atomic E-state index is -1.11. The number of benzene rings is 2. The fourth-order valence-corrected chi connectivity index (χ4v) is 1.55. The number of hydrogen-bond donors (Lipinski definition) is 2. The number of aromatic carboxylic acids is 1. The summed E-state index contributed by atoms with van der Waals surface area (Å²) in [6.07, 6.45) is 0. The predicted octanol–water partition coefficient (Wildman–Crippen LogP) is 2.92. The highest BCUT2D eigenvalue weighted by Gasteiger charge is 2.11.